The molecule has 1 aliphatic rings. The van der Waals surface area contributed by atoms with Gasteiger partial charge in [0.25, 0.3) is 0 Å². The molecule has 0 aromatic heterocycles. The van der Waals surface area contributed by atoms with Crippen molar-refractivity contribution in [3.8, 4) is 0 Å². The summed E-state index contributed by atoms with van der Waals surface area (Å²) in [6.07, 6.45) is 2.44. The molecule has 1 heterocycles. The Morgan fingerprint density at radius 1 is 1.29 bits per heavy atom. The van der Waals surface area contributed by atoms with Crippen LogP contribution in [0, 0.1) is 0 Å². The van der Waals surface area contributed by atoms with Gasteiger partial charge < -0.3 is 25.3 Å². The van der Waals surface area contributed by atoms with Gasteiger partial charge in [0.05, 0.1) is 13.2 Å². The highest BCUT2D eigenvalue weighted by Gasteiger charge is 2.17. The van der Waals surface area contributed by atoms with E-state index in [4.69, 9.17) is 19.9 Å². The van der Waals surface area contributed by atoms with Crippen molar-refractivity contribution in [2.45, 2.75) is 51.9 Å². The minimum Gasteiger partial charge on any atom is -0.444 e. The summed E-state index contributed by atoms with van der Waals surface area (Å²) in [6.45, 7) is 8.09. The predicted octanol–water partition coefficient (Wildman–Crippen LogP) is 0.842. The van der Waals surface area contributed by atoms with Crippen LogP contribution in [0.1, 0.15) is 40.0 Å². The fourth-order valence-corrected chi connectivity index (χ4v) is 2.28. The number of primary amides is 1. The van der Waals surface area contributed by atoms with Crippen LogP contribution in [0.4, 0.5) is 4.79 Å². The molecule has 0 aromatic rings. The maximum absolute atomic E-state index is 11.6. The van der Waals surface area contributed by atoms with Crippen molar-refractivity contribution in [1.82, 2.24) is 10.2 Å². The van der Waals surface area contributed by atoms with E-state index in [2.05, 4.69) is 5.32 Å². The van der Waals surface area contributed by atoms with E-state index < -0.39 is 17.6 Å². The topological polar surface area (TPSA) is 103 Å². The Bertz CT molecular complexity index is 392. The molecule has 2 amide bonds. The second kappa shape index (κ2) is 10.5. The molecule has 0 unspecified atom stereocenters. The number of amides is 2. The third kappa shape index (κ3) is 10.4. The molecule has 0 saturated carbocycles. The van der Waals surface area contributed by atoms with Crippen molar-refractivity contribution in [2.75, 3.05) is 39.4 Å². The minimum absolute atomic E-state index is 0.116. The summed E-state index contributed by atoms with van der Waals surface area (Å²) in [5.74, 6) is -0.416. The molecule has 3 N–H and O–H groups in total. The van der Waals surface area contributed by atoms with Crippen molar-refractivity contribution in [3.05, 3.63) is 0 Å². The van der Waals surface area contributed by atoms with Gasteiger partial charge in [-0.25, -0.2) is 4.79 Å². The van der Waals surface area contributed by atoms with E-state index in [9.17, 15) is 9.59 Å². The first-order valence-corrected chi connectivity index (χ1v) is 8.47. The van der Waals surface area contributed by atoms with Crippen molar-refractivity contribution in [2.24, 2.45) is 5.73 Å². The Morgan fingerprint density at radius 2 is 2.04 bits per heavy atom. The molecule has 1 atom stereocenters. The largest absolute Gasteiger partial charge is 0.444 e. The average Bonchev–Trinajstić information content (AvgIpc) is 2.45. The van der Waals surface area contributed by atoms with E-state index in [-0.39, 0.29) is 12.8 Å². The maximum atomic E-state index is 11.6. The van der Waals surface area contributed by atoms with E-state index in [0.717, 1.165) is 25.9 Å². The lowest BCUT2D eigenvalue weighted by molar-refractivity contribution is -0.164. The lowest BCUT2D eigenvalue weighted by Crippen LogP contribution is -2.42. The van der Waals surface area contributed by atoms with Crippen molar-refractivity contribution < 1.29 is 23.8 Å². The summed E-state index contributed by atoms with van der Waals surface area (Å²) in [5, 5.41) is 2.66. The van der Waals surface area contributed by atoms with Crippen LogP contribution in [0.25, 0.3) is 0 Å². The standard InChI is InChI=1S/C16H31N3O5/c1-16(2,3)24-15(21)18-7-8-19(12-13(17)20)9-11-23-14-6-4-5-10-22-14/h14H,4-12H2,1-3H3,(H2,17,20)(H,18,21)/t14-/m1/s1. The number of hydrogen-bond acceptors (Lipinski definition) is 6. The number of nitrogens with one attached hydrogen (secondary N) is 1. The van der Waals surface area contributed by atoms with Gasteiger partial charge in [-0.15, -0.1) is 0 Å². The normalized spacial score (nSPS) is 18.4. The number of nitrogens with two attached hydrogens (primary N) is 1. The van der Waals surface area contributed by atoms with Gasteiger partial charge in [0, 0.05) is 26.2 Å². The zero-order valence-electron chi connectivity index (χ0n) is 15.0. The zero-order chi connectivity index (χ0) is 18.0. The molecule has 1 fully saturated rings. The molecular formula is C16H31N3O5. The smallest absolute Gasteiger partial charge is 0.407 e. The first-order chi connectivity index (χ1) is 11.3. The van der Waals surface area contributed by atoms with E-state index in [1.807, 2.05) is 4.90 Å². The van der Waals surface area contributed by atoms with Gasteiger partial charge in [0.2, 0.25) is 5.91 Å². The quantitative estimate of drug-likeness (QED) is 0.642. The van der Waals surface area contributed by atoms with Gasteiger partial charge in [-0.1, -0.05) is 0 Å². The Hall–Kier alpha value is -1.38. The van der Waals surface area contributed by atoms with Crippen molar-refractivity contribution in [3.63, 3.8) is 0 Å². The summed E-state index contributed by atoms with van der Waals surface area (Å²) < 4.78 is 16.3. The number of carbonyl (C=O) groups is 2. The van der Waals surface area contributed by atoms with E-state index in [1.165, 1.54) is 0 Å². The van der Waals surface area contributed by atoms with Gasteiger partial charge in [0.1, 0.15) is 5.60 Å². The Kier molecular flexibility index (Phi) is 9.02. The third-order valence-electron chi connectivity index (χ3n) is 3.32. The fourth-order valence-electron chi connectivity index (χ4n) is 2.28. The molecule has 0 radical (unpaired) electrons. The maximum Gasteiger partial charge on any atom is 0.407 e. The van der Waals surface area contributed by atoms with Gasteiger partial charge in [-0.05, 0) is 40.0 Å². The van der Waals surface area contributed by atoms with Crippen LogP contribution in [0.3, 0.4) is 0 Å². The van der Waals surface area contributed by atoms with Crippen molar-refractivity contribution >= 4 is 12.0 Å². The highest BCUT2D eigenvalue weighted by molar-refractivity contribution is 5.75. The van der Waals surface area contributed by atoms with Gasteiger partial charge >= 0.3 is 6.09 Å². The number of ether oxygens (including phenoxy) is 3. The monoisotopic (exact) mass is 345 g/mol. The highest BCUT2D eigenvalue weighted by Crippen LogP contribution is 2.13. The van der Waals surface area contributed by atoms with Crippen LogP contribution < -0.4 is 11.1 Å². The SMILES string of the molecule is CC(C)(C)OC(=O)NCCN(CCO[C@@H]1CCCCO1)CC(N)=O. The number of hydrogen-bond donors (Lipinski definition) is 2. The highest BCUT2D eigenvalue weighted by atomic mass is 16.7. The van der Waals surface area contributed by atoms with E-state index >= 15 is 0 Å². The second-order valence-electron chi connectivity index (χ2n) is 6.84. The van der Waals surface area contributed by atoms with Crippen LogP contribution in [0.5, 0.6) is 0 Å². The van der Waals surface area contributed by atoms with Gasteiger partial charge in [-0.3, -0.25) is 9.69 Å². The first kappa shape index (κ1) is 20.7. The zero-order valence-corrected chi connectivity index (χ0v) is 15.0. The average molecular weight is 345 g/mol. The molecule has 24 heavy (non-hydrogen) atoms. The van der Waals surface area contributed by atoms with E-state index in [1.54, 1.807) is 20.8 Å². The van der Waals surface area contributed by atoms with Crippen molar-refractivity contribution in [1.29, 1.82) is 0 Å². The molecular weight excluding hydrogens is 314 g/mol. The fraction of sp³-hybridized carbons (Fsp3) is 0.875. The molecule has 0 bridgehead atoms. The molecule has 8 heteroatoms. The molecule has 0 aliphatic carbocycles. The second-order valence-corrected chi connectivity index (χ2v) is 6.84. The van der Waals surface area contributed by atoms with E-state index in [0.29, 0.717) is 26.2 Å². The number of carbonyl (C=O) groups excluding carboxylic acids is 2. The minimum atomic E-state index is -0.537. The first-order valence-electron chi connectivity index (χ1n) is 8.47. The predicted molar refractivity (Wildman–Crippen MR) is 89.4 cm³/mol. The Labute approximate surface area is 144 Å². The lowest BCUT2D eigenvalue weighted by Gasteiger charge is -2.25. The van der Waals surface area contributed by atoms with Crippen LogP contribution in [-0.2, 0) is 19.0 Å². The number of rotatable bonds is 9. The van der Waals surface area contributed by atoms with Crippen LogP contribution in [0.2, 0.25) is 0 Å². The molecule has 1 rings (SSSR count). The molecule has 0 aromatic carbocycles. The molecule has 0 spiro atoms. The summed E-state index contributed by atoms with van der Waals surface area (Å²) in [7, 11) is 0. The van der Waals surface area contributed by atoms with Gasteiger partial charge in [-0.2, -0.15) is 0 Å². The lowest BCUT2D eigenvalue weighted by atomic mass is 10.2. The van der Waals surface area contributed by atoms with Gasteiger partial charge in [0.15, 0.2) is 6.29 Å². The Morgan fingerprint density at radius 3 is 2.62 bits per heavy atom. The molecule has 8 nitrogen and oxygen atoms in total. The van der Waals surface area contributed by atoms with Crippen LogP contribution in [-0.4, -0.2) is 68.2 Å². The summed E-state index contributed by atoms with van der Waals surface area (Å²) in [5.41, 5.74) is 4.73. The summed E-state index contributed by atoms with van der Waals surface area (Å²) >= 11 is 0. The molecule has 1 saturated heterocycles. The Balaban J connectivity index is 2.25. The van der Waals surface area contributed by atoms with Crippen LogP contribution >= 0.6 is 0 Å². The summed E-state index contributed by atoms with van der Waals surface area (Å²) in [4.78, 5) is 24.6. The molecule has 1 aliphatic heterocycles. The molecule has 140 valence electrons. The third-order valence-corrected chi connectivity index (χ3v) is 3.32. The summed E-state index contributed by atoms with van der Waals surface area (Å²) in [6, 6.07) is 0. The number of nitrogens with zero attached hydrogens (tertiary/aromatic N) is 1. The number of alkyl carbamates (subject to hydrolysis) is 1. The van der Waals surface area contributed by atoms with Crippen LogP contribution in [0.15, 0.2) is 0 Å².